The monoisotopic (exact) mass is 289 g/mol. The molecule has 21 heavy (non-hydrogen) atoms. The minimum Gasteiger partial charge on any atom is -0.464 e. The van der Waals surface area contributed by atoms with E-state index in [4.69, 9.17) is 4.74 Å². The molecule has 5 nitrogen and oxygen atoms in total. The van der Waals surface area contributed by atoms with E-state index in [-0.39, 0.29) is 5.97 Å². The molecule has 0 aliphatic heterocycles. The van der Waals surface area contributed by atoms with Gasteiger partial charge in [-0.1, -0.05) is 19.1 Å². The number of imidazole rings is 1. The average Bonchev–Trinajstić information content (AvgIpc) is 2.84. The van der Waals surface area contributed by atoms with Crippen LogP contribution in [0, 0.1) is 0 Å². The number of nitrogens with one attached hydrogen (secondary N) is 1. The van der Waals surface area contributed by atoms with Gasteiger partial charge in [0, 0.05) is 6.54 Å². The SMILES string of the molecule is CCCNc1nc2ccccc2n1C(C)(C)C(=O)OCC. The Morgan fingerprint density at radius 1 is 1.33 bits per heavy atom. The Hall–Kier alpha value is -2.04. The fourth-order valence-electron chi connectivity index (χ4n) is 2.35. The van der Waals surface area contributed by atoms with Crippen molar-refractivity contribution in [1.29, 1.82) is 0 Å². The normalized spacial score (nSPS) is 11.6. The molecule has 5 heteroatoms. The highest BCUT2D eigenvalue weighted by atomic mass is 16.5. The summed E-state index contributed by atoms with van der Waals surface area (Å²) < 4.78 is 7.15. The Balaban J connectivity index is 2.55. The fraction of sp³-hybridized carbons (Fsp3) is 0.500. The summed E-state index contributed by atoms with van der Waals surface area (Å²) in [5, 5.41) is 3.30. The van der Waals surface area contributed by atoms with Crippen LogP contribution >= 0.6 is 0 Å². The van der Waals surface area contributed by atoms with Crippen molar-refractivity contribution in [1.82, 2.24) is 9.55 Å². The highest BCUT2D eigenvalue weighted by molar-refractivity contribution is 5.85. The van der Waals surface area contributed by atoms with Crippen LogP contribution < -0.4 is 5.32 Å². The quantitative estimate of drug-likeness (QED) is 0.830. The molecule has 2 rings (SSSR count). The smallest absolute Gasteiger partial charge is 0.331 e. The van der Waals surface area contributed by atoms with E-state index in [1.54, 1.807) is 0 Å². The molecule has 0 saturated carbocycles. The number of rotatable bonds is 6. The molecule has 0 spiro atoms. The van der Waals surface area contributed by atoms with Gasteiger partial charge in [-0.2, -0.15) is 0 Å². The summed E-state index contributed by atoms with van der Waals surface area (Å²) in [7, 11) is 0. The van der Waals surface area contributed by atoms with Crippen molar-refractivity contribution in [3.05, 3.63) is 24.3 Å². The third-order valence-corrected chi connectivity index (χ3v) is 3.43. The first-order chi connectivity index (χ1) is 10.0. The number of carbonyl (C=O) groups is 1. The van der Waals surface area contributed by atoms with Crippen LogP contribution in [0.3, 0.4) is 0 Å². The zero-order chi connectivity index (χ0) is 15.5. The van der Waals surface area contributed by atoms with Gasteiger partial charge in [-0.15, -0.1) is 0 Å². The van der Waals surface area contributed by atoms with Gasteiger partial charge < -0.3 is 10.1 Å². The van der Waals surface area contributed by atoms with E-state index < -0.39 is 5.54 Å². The summed E-state index contributed by atoms with van der Waals surface area (Å²) in [6.07, 6.45) is 0.989. The van der Waals surface area contributed by atoms with Crippen LogP contribution in [0.25, 0.3) is 11.0 Å². The Morgan fingerprint density at radius 2 is 2.05 bits per heavy atom. The lowest BCUT2D eigenvalue weighted by Crippen LogP contribution is -2.38. The third-order valence-electron chi connectivity index (χ3n) is 3.43. The molecule has 0 amide bonds. The minimum absolute atomic E-state index is 0.257. The zero-order valence-corrected chi connectivity index (χ0v) is 13.1. The number of nitrogens with zero attached hydrogens (tertiary/aromatic N) is 2. The number of hydrogen-bond acceptors (Lipinski definition) is 4. The predicted octanol–water partition coefficient (Wildman–Crippen LogP) is 3.16. The van der Waals surface area contributed by atoms with E-state index in [2.05, 4.69) is 17.2 Å². The Bertz CT molecular complexity index is 631. The van der Waals surface area contributed by atoms with Crippen LogP contribution in [0.15, 0.2) is 24.3 Å². The molecule has 0 aliphatic rings. The number of esters is 1. The molecule has 2 aromatic rings. The summed E-state index contributed by atoms with van der Waals surface area (Å²) in [4.78, 5) is 16.9. The molecule has 114 valence electrons. The maximum Gasteiger partial charge on any atom is 0.331 e. The molecule has 0 saturated heterocycles. The maximum atomic E-state index is 12.3. The van der Waals surface area contributed by atoms with E-state index >= 15 is 0 Å². The van der Waals surface area contributed by atoms with E-state index in [1.807, 2.05) is 49.6 Å². The van der Waals surface area contributed by atoms with Crippen molar-refractivity contribution in [3.8, 4) is 0 Å². The van der Waals surface area contributed by atoms with Gasteiger partial charge in [0.1, 0.15) is 5.54 Å². The van der Waals surface area contributed by atoms with E-state index in [0.717, 1.165) is 24.0 Å². The van der Waals surface area contributed by atoms with Gasteiger partial charge in [0.05, 0.1) is 17.6 Å². The second-order valence-electron chi connectivity index (χ2n) is 5.47. The van der Waals surface area contributed by atoms with Crippen molar-refractivity contribution in [2.24, 2.45) is 0 Å². The van der Waals surface area contributed by atoms with Crippen LogP contribution in [0.1, 0.15) is 34.1 Å². The van der Waals surface area contributed by atoms with Gasteiger partial charge in [-0.05, 0) is 39.3 Å². The number of benzene rings is 1. The topological polar surface area (TPSA) is 56.2 Å². The summed E-state index contributed by atoms with van der Waals surface area (Å²) in [5.74, 6) is 0.448. The molecule has 0 aliphatic carbocycles. The van der Waals surface area contributed by atoms with Gasteiger partial charge >= 0.3 is 5.97 Å². The number of anilines is 1. The van der Waals surface area contributed by atoms with E-state index in [9.17, 15) is 4.79 Å². The van der Waals surface area contributed by atoms with Crippen molar-refractivity contribution >= 4 is 23.0 Å². The lowest BCUT2D eigenvalue weighted by atomic mass is 10.1. The van der Waals surface area contributed by atoms with Crippen molar-refractivity contribution < 1.29 is 9.53 Å². The number of aromatic nitrogens is 2. The fourth-order valence-corrected chi connectivity index (χ4v) is 2.35. The van der Waals surface area contributed by atoms with Gasteiger partial charge in [0.25, 0.3) is 0 Å². The highest BCUT2D eigenvalue weighted by Gasteiger charge is 2.35. The minimum atomic E-state index is -0.817. The molecular formula is C16H23N3O2. The molecule has 0 atom stereocenters. The Kier molecular flexibility index (Phi) is 4.50. The second-order valence-corrected chi connectivity index (χ2v) is 5.47. The standard InChI is InChI=1S/C16H23N3O2/c1-5-11-17-15-18-12-9-7-8-10-13(12)19(15)16(3,4)14(20)21-6-2/h7-10H,5-6,11H2,1-4H3,(H,17,18). The second kappa shape index (κ2) is 6.16. The van der Waals surface area contributed by atoms with Gasteiger partial charge in [-0.3, -0.25) is 4.57 Å². The number of fused-ring (bicyclic) bond motifs is 1. The molecule has 0 fully saturated rings. The number of ether oxygens (including phenoxy) is 1. The predicted molar refractivity (Wildman–Crippen MR) is 84.5 cm³/mol. The summed E-state index contributed by atoms with van der Waals surface area (Å²) in [5.41, 5.74) is 0.977. The van der Waals surface area contributed by atoms with Crippen LogP contribution in [-0.4, -0.2) is 28.7 Å². The van der Waals surface area contributed by atoms with Crippen molar-refractivity contribution in [2.75, 3.05) is 18.5 Å². The zero-order valence-electron chi connectivity index (χ0n) is 13.1. The first-order valence-corrected chi connectivity index (χ1v) is 7.41. The largest absolute Gasteiger partial charge is 0.464 e. The molecule has 0 unspecified atom stereocenters. The molecule has 1 aromatic carbocycles. The van der Waals surface area contributed by atoms with Gasteiger partial charge in [0.2, 0.25) is 5.95 Å². The first kappa shape index (κ1) is 15.4. The maximum absolute atomic E-state index is 12.3. The van der Waals surface area contributed by atoms with Crippen LogP contribution in [0.5, 0.6) is 0 Å². The summed E-state index contributed by atoms with van der Waals surface area (Å²) in [6, 6.07) is 7.82. The molecule has 0 bridgehead atoms. The average molecular weight is 289 g/mol. The molecule has 1 aromatic heterocycles. The Labute approximate surface area is 125 Å². The van der Waals surface area contributed by atoms with Gasteiger partial charge in [-0.25, -0.2) is 9.78 Å². The van der Waals surface area contributed by atoms with Crippen molar-refractivity contribution in [3.63, 3.8) is 0 Å². The van der Waals surface area contributed by atoms with Gasteiger partial charge in [0.15, 0.2) is 0 Å². The van der Waals surface area contributed by atoms with Crippen LogP contribution in [0.2, 0.25) is 0 Å². The Morgan fingerprint density at radius 3 is 2.71 bits per heavy atom. The highest BCUT2D eigenvalue weighted by Crippen LogP contribution is 2.29. The van der Waals surface area contributed by atoms with Crippen LogP contribution in [-0.2, 0) is 15.1 Å². The summed E-state index contributed by atoms with van der Waals surface area (Å²) in [6.45, 7) is 8.80. The number of carbonyl (C=O) groups excluding carboxylic acids is 1. The third kappa shape index (κ3) is 2.86. The number of para-hydroxylation sites is 2. The van der Waals surface area contributed by atoms with E-state index in [1.165, 1.54) is 0 Å². The van der Waals surface area contributed by atoms with Crippen LogP contribution in [0.4, 0.5) is 5.95 Å². The first-order valence-electron chi connectivity index (χ1n) is 7.41. The molecule has 0 radical (unpaired) electrons. The molecule has 1 N–H and O–H groups in total. The van der Waals surface area contributed by atoms with Crippen molar-refractivity contribution in [2.45, 2.75) is 39.7 Å². The summed E-state index contributed by atoms with van der Waals surface area (Å²) >= 11 is 0. The lowest BCUT2D eigenvalue weighted by molar-refractivity contribution is -0.151. The number of hydrogen-bond donors (Lipinski definition) is 1. The molecule has 1 heterocycles. The van der Waals surface area contributed by atoms with E-state index in [0.29, 0.717) is 12.6 Å². The molecular weight excluding hydrogens is 266 g/mol. The lowest BCUT2D eigenvalue weighted by Gasteiger charge is -2.27.